The lowest BCUT2D eigenvalue weighted by Crippen LogP contribution is -2.26. The fraction of sp³-hybridized carbons (Fsp3) is 0.538. The van der Waals surface area contributed by atoms with Gasteiger partial charge in [-0.1, -0.05) is 37.1 Å². The molecular formula is C13H16BClN4O2. The van der Waals surface area contributed by atoms with E-state index in [0.29, 0.717) is 18.2 Å². The molecule has 1 N–H and O–H groups in total. The number of carbonyl (C=O) groups excluding carboxylic acids is 1. The fourth-order valence-corrected chi connectivity index (χ4v) is 2.75. The molecule has 110 valence electrons. The van der Waals surface area contributed by atoms with Crippen LogP contribution in [-0.4, -0.2) is 36.5 Å². The molecule has 2 heterocycles. The van der Waals surface area contributed by atoms with Gasteiger partial charge in [-0.25, -0.2) is 10.1 Å². The lowest BCUT2D eigenvalue weighted by atomic mass is 9.41. The Bertz CT molecular complexity index is 564. The molecule has 0 spiro atoms. The second-order valence-electron chi connectivity index (χ2n) is 5.16. The first kappa shape index (κ1) is 15.6. The van der Waals surface area contributed by atoms with Crippen molar-refractivity contribution >= 4 is 30.0 Å². The zero-order chi connectivity index (χ0) is 15.2. The number of anilines is 1. The van der Waals surface area contributed by atoms with Crippen LogP contribution in [0.3, 0.4) is 0 Å². The highest BCUT2D eigenvalue weighted by Gasteiger charge is 2.25. The Hall–Kier alpha value is -1.81. The van der Waals surface area contributed by atoms with Crippen molar-refractivity contribution in [2.45, 2.75) is 25.5 Å². The van der Waals surface area contributed by atoms with Crippen molar-refractivity contribution in [2.24, 2.45) is 5.92 Å². The Morgan fingerprint density at radius 3 is 3.19 bits per heavy atom. The van der Waals surface area contributed by atoms with Crippen LogP contribution in [0.2, 0.25) is 17.8 Å². The zero-order valence-corrected chi connectivity index (χ0v) is 12.6. The molecule has 1 aliphatic rings. The van der Waals surface area contributed by atoms with Gasteiger partial charge in [0.15, 0.2) is 10.8 Å². The number of hydrogen-bond acceptors (Lipinski definition) is 6. The minimum atomic E-state index is -0.555. The average molecular weight is 307 g/mol. The van der Waals surface area contributed by atoms with Crippen LogP contribution < -0.4 is 5.32 Å². The standard InChI is InChI=1S/C13H16BClN4O2/c1-21-13(20)12-10(5-11(15)18-19-12)17-7-9-3-2-4-14(6-9)8-16/h5,9H,2-4,6-7H2,1H3,(H,17,18). The lowest BCUT2D eigenvalue weighted by Gasteiger charge is -2.24. The monoisotopic (exact) mass is 306 g/mol. The Morgan fingerprint density at radius 1 is 1.67 bits per heavy atom. The number of halogens is 1. The Labute approximate surface area is 128 Å². The number of aromatic nitrogens is 2. The summed E-state index contributed by atoms with van der Waals surface area (Å²) in [6, 6.07) is 1.56. The molecule has 1 unspecified atom stereocenters. The summed E-state index contributed by atoms with van der Waals surface area (Å²) < 4.78 is 4.68. The normalized spacial score (nSPS) is 18.0. The molecule has 0 bridgehead atoms. The van der Waals surface area contributed by atoms with Crippen molar-refractivity contribution in [3.8, 4) is 5.97 Å². The van der Waals surface area contributed by atoms with E-state index >= 15 is 0 Å². The van der Waals surface area contributed by atoms with Crippen molar-refractivity contribution in [3.05, 3.63) is 16.9 Å². The van der Waals surface area contributed by atoms with Crippen LogP contribution >= 0.6 is 11.6 Å². The molecule has 1 aromatic rings. The maximum absolute atomic E-state index is 11.6. The van der Waals surface area contributed by atoms with Gasteiger partial charge in [0.05, 0.1) is 12.8 Å². The highest BCUT2D eigenvalue weighted by Crippen LogP contribution is 2.26. The summed E-state index contributed by atoms with van der Waals surface area (Å²) in [5.74, 6) is 2.18. The Balaban J connectivity index is 2.04. The molecule has 1 aromatic heterocycles. The van der Waals surface area contributed by atoms with Gasteiger partial charge in [0.25, 0.3) is 6.71 Å². The number of nitrogens with one attached hydrogen (secondary N) is 1. The predicted molar refractivity (Wildman–Crippen MR) is 80.6 cm³/mol. The van der Waals surface area contributed by atoms with Gasteiger partial charge in [-0.05, 0) is 5.92 Å². The highest BCUT2D eigenvalue weighted by molar-refractivity contribution is 6.67. The smallest absolute Gasteiger partial charge is 0.360 e. The van der Waals surface area contributed by atoms with E-state index in [1.54, 1.807) is 6.07 Å². The largest absolute Gasteiger partial charge is 0.464 e. The third-order valence-corrected chi connectivity index (χ3v) is 3.87. The van der Waals surface area contributed by atoms with Crippen LogP contribution in [0.25, 0.3) is 0 Å². The lowest BCUT2D eigenvalue weighted by molar-refractivity contribution is 0.0594. The summed E-state index contributed by atoms with van der Waals surface area (Å²) in [7, 11) is 1.29. The van der Waals surface area contributed by atoms with Crippen LogP contribution in [0.5, 0.6) is 0 Å². The molecule has 8 heteroatoms. The molecule has 1 atom stereocenters. The number of carbonyl (C=O) groups is 1. The minimum absolute atomic E-state index is 0.120. The van der Waals surface area contributed by atoms with Gasteiger partial charge in [-0.3, -0.25) is 0 Å². The molecule has 0 radical (unpaired) electrons. The first-order valence-electron chi connectivity index (χ1n) is 6.89. The van der Waals surface area contributed by atoms with Crippen LogP contribution in [0.15, 0.2) is 6.07 Å². The Kier molecular flexibility index (Phi) is 5.40. The first-order valence-corrected chi connectivity index (χ1v) is 7.27. The number of ether oxygens (including phenoxy) is 1. The van der Waals surface area contributed by atoms with E-state index in [1.807, 2.05) is 0 Å². The second-order valence-corrected chi connectivity index (χ2v) is 5.55. The van der Waals surface area contributed by atoms with Gasteiger partial charge in [-0.2, -0.15) is 0 Å². The van der Waals surface area contributed by atoms with Crippen LogP contribution in [0.1, 0.15) is 23.3 Å². The van der Waals surface area contributed by atoms with Crippen LogP contribution in [0, 0.1) is 17.1 Å². The number of hydrogen-bond donors (Lipinski definition) is 1. The summed E-state index contributed by atoms with van der Waals surface area (Å²) >= 11 is 5.82. The van der Waals surface area contributed by atoms with Crippen molar-refractivity contribution in [3.63, 3.8) is 0 Å². The molecule has 0 aliphatic carbocycles. The summed E-state index contributed by atoms with van der Waals surface area (Å²) in [5, 5.41) is 19.8. The molecule has 0 amide bonds. The van der Waals surface area contributed by atoms with Gasteiger partial charge in [-0.15, -0.1) is 10.2 Å². The van der Waals surface area contributed by atoms with E-state index in [1.165, 1.54) is 7.11 Å². The topological polar surface area (TPSA) is 87.9 Å². The third-order valence-electron chi connectivity index (χ3n) is 3.69. The quantitative estimate of drug-likeness (QED) is 0.678. The van der Waals surface area contributed by atoms with Crippen molar-refractivity contribution in [1.82, 2.24) is 10.2 Å². The Morgan fingerprint density at radius 2 is 2.48 bits per heavy atom. The molecule has 1 saturated heterocycles. The van der Waals surface area contributed by atoms with Crippen LogP contribution in [-0.2, 0) is 4.74 Å². The molecule has 2 rings (SSSR count). The third kappa shape index (κ3) is 4.08. The number of methoxy groups -OCH3 is 1. The summed E-state index contributed by atoms with van der Waals surface area (Å²) in [6.07, 6.45) is 3.99. The number of rotatable bonds is 4. The predicted octanol–water partition coefficient (Wildman–Crippen LogP) is 2.30. The van der Waals surface area contributed by atoms with E-state index in [2.05, 4.69) is 26.2 Å². The molecule has 1 aliphatic heterocycles. The van der Waals surface area contributed by atoms with Crippen LogP contribution in [0.4, 0.5) is 5.69 Å². The average Bonchev–Trinajstić information content (AvgIpc) is 2.52. The zero-order valence-electron chi connectivity index (χ0n) is 11.8. The molecule has 0 aromatic carbocycles. The van der Waals surface area contributed by atoms with Gasteiger partial charge >= 0.3 is 5.97 Å². The van der Waals surface area contributed by atoms with Gasteiger partial charge in [0, 0.05) is 18.6 Å². The summed E-state index contributed by atoms with van der Waals surface area (Å²) in [4.78, 5) is 11.6. The molecular weight excluding hydrogens is 290 g/mol. The van der Waals surface area contributed by atoms with Gasteiger partial charge in [0.1, 0.15) is 0 Å². The van der Waals surface area contributed by atoms with E-state index in [4.69, 9.17) is 16.9 Å². The van der Waals surface area contributed by atoms with Gasteiger partial charge < -0.3 is 10.1 Å². The highest BCUT2D eigenvalue weighted by atomic mass is 35.5. The number of esters is 1. The fourth-order valence-electron chi connectivity index (χ4n) is 2.60. The van der Waals surface area contributed by atoms with E-state index in [0.717, 1.165) is 25.5 Å². The number of nitrogens with zero attached hydrogens (tertiary/aromatic N) is 3. The molecule has 6 nitrogen and oxygen atoms in total. The van der Waals surface area contributed by atoms with E-state index in [9.17, 15) is 4.79 Å². The summed E-state index contributed by atoms with van der Waals surface area (Å²) in [6.45, 7) is 0.800. The van der Waals surface area contributed by atoms with E-state index < -0.39 is 5.97 Å². The van der Waals surface area contributed by atoms with E-state index in [-0.39, 0.29) is 17.6 Å². The first-order chi connectivity index (χ1) is 10.1. The molecule has 1 fully saturated rings. The van der Waals surface area contributed by atoms with Crippen molar-refractivity contribution in [2.75, 3.05) is 19.0 Å². The number of nitriles is 1. The molecule has 21 heavy (non-hydrogen) atoms. The minimum Gasteiger partial charge on any atom is -0.464 e. The van der Waals surface area contributed by atoms with Gasteiger partial charge in [0.2, 0.25) is 0 Å². The van der Waals surface area contributed by atoms with Crippen molar-refractivity contribution in [1.29, 1.82) is 5.26 Å². The maximum Gasteiger partial charge on any atom is 0.360 e. The maximum atomic E-state index is 11.6. The summed E-state index contributed by atoms with van der Waals surface area (Å²) in [5.41, 5.74) is 0.635. The van der Waals surface area contributed by atoms with Crippen molar-refractivity contribution < 1.29 is 9.53 Å². The molecule has 0 saturated carbocycles. The second kappa shape index (κ2) is 7.27. The SMILES string of the molecule is COC(=O)c1nnc(Cl)cc1NCC1CCCB(C#N)C1.